The average Bonchev–Trinajstić information content (AvgIpc) is 3.17. The molecule has 0 bridgehead atoms. The Kier molecular flexibility index (Phi) is 4.90. The van der Waals surface area contributed by atoms with Gasteiger partial charge in [-0.15, -0.1) is 11.3 Å². The number of thiazole rings is 1. The van der Waals surface area contributed by atoms with E-state index in [1.807, 2.05) is 42.6 Å². The van der Waals surface area contributed by atoms with Crippen LogP contribution in [0.15, 0.2) is 69.2 Å². The Bertz CT molecular complexity index is 1200. The molecule has 7 heteroatoms. The number of benzene rings is 2. The number of anilines is 1. The quantitative estimate of drug-likeness (QED) is 0.503. The van der Waals surface area contributed by atoms with E-state index >= 15 is 0 Å². The Morgan fingerprint density at radius 2 is 2.00 bits per heavy atom. The summed E-state index contributed by atoms with van der Waals surface area (Å²) >= 11 is 1.29. The minimum absolute atomic E-state index is 0.0758. The lowest BCUT2D eigenvalue weighted by molar-refractivity contribution is 0.102. The van der Waals surface area contributed by atoms with Crippen molar-refractivity contribution in [2.45, 2.75) is 6.92 Å². The molecule has 0 aliphatic heterocycles. The van der Waals surface area contributed by atoms with E-state index in [1.54, 1.807) is 18.2 Å². The summed E-state index contributed by atoms with van der Waals surface area (Å²) in [4.78, 5) is 29.2. The minimum atomic E-state index is -0.710. The Morgan fingerprint density at radius 1 is 1.18 bits per heavy atom. The topological polar surface area (TPSA) is 81.4 Å². The van der Waals surface area contributed by atoms with Gasteiger partial charge in [0.2, 0.25) is 0 Å². The fraction of sp³-hybridized carbons (Fsp3) is 0.0952. The number of rotatable bonds is 5. The summed E-state index contributed by atoms with van der Waals surface area (Å²) in [6.45, 7) is 2.38. The number of nitrogens with one attached hydrogen (secondary N) is 1. The molecular formula is C21H16N2O4S. The number of fused-ring (bicyclic) bond motifs is 1. The predicted molar refractivity (Wildman–Crippen MR) is 109 cm³/mol. The fourth-order valence-corrected chi connectivity index (χ4v) is 3.46. The van der Waals surface area contributed by atoms with E-state index in [2.05, 4.69) is 10.3 Å². The van der Waals surface area contributed by atoms with E-state index in [-0.39, 0.29) is 5.56 Å². The van der Waals surface area contributed by atoms with Crippen LogP contribution in [0.2, 0.25) is 0 Å². The van der Waals surface area contributed by atoms with Crippen molar-refractivity contribution in [2.24, 2.45) is 0 Å². The number of carbonyl (C=O) groups is 1. The number of hydrogen-bond acceptors (Lipinski definition) is 6. The molecule has 0 aliphatic carbocycles. The number of hydrogen-bond donors (Lipinski definition) is 1. The van der Waals surface area contributed by atoms with E-state index in [4.69, 9.17) is 9.15 Å². The van der Waals surface area contributed by atoms with Crippen molar-refractivity contribution in [2.75, 3.05) is 11.9 Å². The molecule has 4 rings (SSSR count). The molecule has 2 heterocycles. The molecule has 2 aromatic carbocycles. The third-order valence-electron chi connectivity index (χ3n) is 4.06. The second-order valence-electron chi connectivity index (χ2n) is 5.94. The Hall–Kier alpha value is -3.45. The van der Waals surface area contributed by atoms with E-state index in [9.17, 15) is 9.59 Å². The molecule has 0 unspecified atom stereocenters. The number of aromatic nitrogens is 1. The third kappa shape index (κ3) is 3.65. The highest BCUT2D eigenvalue weighted by Crippen LogP contribution is 2.25. The molecule has 0 atom stereocenters. The van der Waals surface area contributed by atoms with E-state index in [1.165, 1.54) is 17.4 Å². The summed E-state index contributed by atoms with van der Waals surface area (Å²) in [5, 5.41) is 5.57. The summed E-state index contributed by atoms with van der Waals surface area (Å²) in [5.41, 5.74) is 1.30. The molecular weight excluding hydrogens is 376 g/mol. The number of carbonyl (C=O) groups excluding carboxylic acids is 1. The van der Waals surface area contributed by atoms with Crippen LogP contribution in [0, 0.1) is 0 Å². The number of ether oxygens (including phenoxy) is 1. The zero-order chi connectivity index (χ0) is 19.5. The largest absolute Gasteiger partial charge is 0.494 e. The van der Waals surface area contributed by atoms with E-state index in [0.717, 1.165) is 11.3 Å². The van der Waals surface area contributed by atoms with Gasteiger partial charge in [-0.25, -0.2) is 9.78 Å². The van der Waals surface area contributed by atoms with Crippen LogP contribution in [-0.4, -0.2) is 17.5 Å². The predicted octanol–water partition coefficient (Wildman–Crippen LogP) is 4.57. The maximum Gasteiger partial charge on any atom is 0.349 e. The van der Waals surface area contributed by atoms with Crippen LogP contribution in [0.25, 0.3) is 22.2 Å². The van der Waals surface area contributed by atoms with Crippen molar-refractivity contribution >= 4 is 33.3 Å². The molecule has 2 aromatic heterocycles. The Labute approximate surface area is 164 Å². The van der Waals surface area contributed by atoms with Gasteiger partial charge in [0.1, 0.15) is 16.9 Å². The molecule has 28 heavy (non-hydrogen) atoms. The van der Waals surface area contributed by atoms with Gasteiger partial charge in [0.25, 0.3) is 5.91 Å². The number of amides is 1. The van der Waals surface area contributed by atoms with Gasteiger partial charge in [-0.3, -0.25) is 10.1 Å². The monoisotopic (exact) mass is 392 g/mol. The molecule has 1 amide bonds. The molecule has 0 saturated heterocycles. The maximum atomic E-state index is 12.6. The van der Waals surface area contributed by atoms with E-state index < -0.39 is 11.5 Å². The van der Waals surface area contributed by atoms with Gasteiger partial charge in [-0.2, -0.15) is 0 Å². The zero-order valence-corrected chi connectivity index (χ0v) is 15.8. The molecule has 1 N–H and O–H groups in total. The lowest BCUT2D eigenvalue weighted by Gasteiger charge is -2.05. The average molecular weight is 392 g/mol. The second kappa shape index (κ2) is 7.66. The molecule has 0 radical (unpaired) electrons. The maximum absolute atomic E-state index is 12.6. The molecule has 0 fully saturated rings. The van der Waals surface area contributed by atoms with Crippen molar-refractivity contribution in [1.29, 1.82) is 0 Å². The molecule has 140 valence electrons. The highest BCUT2D eigenvalue weighted by Gasteiger charge is 2.16. The lowest BCUT2D eigenvalue weighted by Crippen LogP contribution is -2.20. The van der Waals surface area contributed by atoms with Gasteiger partial charge in [0.15, 0.2) is 5.13 Å². The van der Waals surface area contributed by atoms with Gasteiger partial charge in [0, 0.05) is 22.4 Å². The van der Waals surface area contributed by atoms with Crippen LogP contribution in [0.4, 0.5) is 5.13 Å². The van der Waals surface area contributed by atoms with Gasteiger partial charge in [-0.1, -0.05) is 30.3 Å². The first-order valence-corrected chi connectivity index (χ1v) is 9.55. The van der Waals surface area contributed by atoms with Gasteiger partial charge < -0.3 is 9.15 Å². The first kappa shape index (κ1) is 17.9. The number of nitrogens with zero attached hydrogens (tertiary/aromatic N) is 1. The zero-order valence-electron chi connectivity index (χ0n) is 15.0. The summed E-state index contributed by atoms with van der Waals surface area (Å²) in [7, 11) is 0. The van der Waals surface area contributed by atoms with Crippen molar-refractivity contribution < 1.29 is 13.9 Å². The molecule has 0 saturated carbocycles. The molecule has 0 spiro atoms. The van der Waals surface area contributed by atoms with Crippen LogP contribution in [0.5, 0.6) is 5.75 Å². The van der Waals surface area contributed by atoms with Crippen molar-refractivity contribution in [1.82, 2.24) is 4.98 Å². The van der Waals surface area contributed by atoms with Gasteiger partial charge >= 0.3 is 5.63 Å². The summed E-state index contributed by atoms with van der Waals surface area (Å²) < 4.78 is 10.7. The third-order valence-corrected chi connectivity index (χ3v) is 4.81. The fourth-order valence-electron chi connectivity index (χ4n) is 2.74. The molecule has 0 aliphatic rings. The summed E-state index contributed by atoms with van der Waals surface area (Å²) in [5.74, 6) is 0.0464. The smallest absolute Gasteiger partial charge is 0.349 e. The van der Waals surface area contributed by atoms with Crippen LogP contribution >= 0.6 is 11.3 Å². The van der Waals surface area contributed by atoms with Crippen LogP contribution in [-0.2, 0) is 0 Å². The van der Waals surface area contributed by atoms with Crippen LogP contribution < -0.4 is 15.7 Å². The lowest BCUT2D eigenvalue weighted by atomic mass is 10.1. The molecule has 4 aromatic rings. The van der Waals surface area contributed by atoms with Crippen molar-refractivity contribution in [3.63, 3.8) is 0 Å². The summed E-state index contributed by atoms with van der Waals surface area (Å²) in [6.07, 6.45) is 0. The van der Waals surface area contributed by atoms with Crippen LogP contribution in [0.3, 0.4) is 0 Å². The molecule has 6 nitrogen and oxygen atoms in total. The first-order valence-electron chi connectivity index (χ1n) is 8.67. The summed E-state index contributed by atoms with van der Waals surface area (Å²) in [6, 6.07) is 16.3. The highest BCUT2D eigenvalue weighted by molar-refractivity contribution is 7.14. The first-order chi connectivity index (χ1) is 13.6. The van der Waals surface area contributed by atoms with Gasteiger partial charge in [-0.05, 0) is 25.1 Å². The van der Waals surface area contributed by atoms with Crippen molar-refractivity contribution in [3.8, 4) is 17.0 Å². The van der Waals surface area contributed by atoms with E-state index in [0.29, 0.717) is 28.5 Å². The normalized spacial score (nSPS) is 10.8. The SMILES string of the molecule is CCOc1ccc2cc(C(=O)Nc3nc(-c4ccccc4)cs3)c(=O)oc2c1. The standard InChI is InChI=1S/C21H16N2O4S/c1-2-26-15-9-8-14-10-16(20(25)27-18(14)11-15)19(24)23-21-22-17(12-28-21)13-6-4-3-5-7-13/h3-12H,2H2,1H3,(H,22,23,24). The van der Waals surface area contributed by atoms with Crippen molar-refractivity contribution in [3.05, 3.63) is 76.0 Å². The van der Waals surface area contributed by atoms with Gasteiger partial charge in [0.05, 0.1) is 12.3 Å². The second-order valence-corrected chi connectivity index (χ2v) is 6.80. The Balaban J connectivity index is 1.59. The Morgan fingerprint density at radius 3 is 2.79 bits per heavy atom. The highest BCUT2D eigenvalue weighted by atomic mass is 32.1. The minimum Gasteiger partial charge on any atom is -0.494 e. The van der Waals surface area contributed by atoms with Crippen LogP contribution in [0.1, 0.15) is 17.3 Å².